The van der Waals surface area contributed by atoms with Crippen LogP contribution in [0, 0.1) is 0 Å². The van der Waals surface area contributed by atoms with Gasteiger partial charge in [0.2, 0.25) is 0 Å². The smallest absolute Gasteiger partial charge is 0.0429 e. The zero-order valence-corrected chi connectivity index (χ0v) is 10.9. The lowest BCUT2D eigenvalue weighted by molar-refractivity contribution is 0.768. The van der Waals surface area contributed by atoms with E-state index in [9.17, 15) is 0 Å². The molecular formula is C13H19N5. The van der Waals surface area contributed by atoms with Crippen LogP contribution >= 0.6 is 0 Å². The lowest BCUT2D eigenvalue weighted by Crippen LogP contribution is -2.14. The Balaban J connectivity index is 2.44. The summed E-state index contributed by atoms with van der Waals surface area (Å²) in [6.45, 7) is 9.44. The summed E-state index contributed by atoms with van der Waals surface area (Å²) in [5.74, 6) is 0.434. The first-order valence-electron chi connectivity index (χ1n) is 6.05. The molecule has 0 atom stereocenters. The SMILES string of the molecule is C=C(NCCCN=[N+]=[N-])c1ccc(C(C)C)nc1. The third-order valence-corrected chi connectivity index (χ3v) is 2.56. The zero-order valence-electron chi connectivity index (χ0n) is 10.9. The minimum absolute atomic E-state index is 0.434. The number of rotatable bonds is 7. The van der Waals surface area contributed by atoms with E-state index in [0.29, 0.717) is 12.5 Å². The van der Waals surface area contributed by atoms with Crippen molar-refractivity contribution in [1.29, 1.82) is 0 Å². The summed E-state index contributed by atoms with van der Waals surface area (Å²) in [7, 11) is 0. The Bertz CT molecular complexity index is 429. The molecule has 0 bridgehead atoms. The van der Waals surface area contributed by atoms with Crippen LogP contribution in [0.15, 0.2) is 30.0 Å². The Morgan fingerprint density at radius 1 is 1.56 bits per heavy atom. The Morgan fingerprint density at radius 2 is 2.33 bits per heavy atom. The second kappa shape index (κ2) is 7.35. The maximum Gasteiger partial charge on any atom is 0.0429 e. The predicted octanol–water partition coefficient (Wildman–Crippen LogP) is 3.47. The predicted molar refractivity (Wildman–Crippen MR) is 74.0 cm³/mol. The van der Waals surface area contributed by atoms with Crippen LogP contribution in [-0.2, 0) is 0 Å². The molecule has 0 aromatic carbocycles. The fourth-order valence-corrected chi connectivity index (χ4v) is 1.46. The highest BCUT2D eigenvalue weighted by Gasteiger charge is 2.02. The summed E-state index contributed by atoms with van der Waals surface area (Å²) in [6, 6.07) is 4.04. The molecule has 0 amide bonds. The molecule has 1 aromatic heterocycles. The van der Waals surface area contributed by atoms with Crippen LogP contribution in [0.1, 0.15) is 37.4 Å². The molecule has 0 spiro atoms. The van der Waals surface area contributed by atoms with E-state index in [0.717, 1.165) is 29.9 Å². The summed E-state index contributed by atoms with van der Waals surface area (Å²) in [4.78, 5) is 7.09. The Hall–Kier alpha value is -2.00. The number of aromatic nitrogens is 1. The standard InChI is InChI=1S/C13H19N5/c1-10(2)13-6-5-12(9-16-13)11(3)15-7-4-8-17-18-14/h5-6,9-10,15H,3-4,7-8H2,1-2H3. The first kappa shape index (κ1) is 14.1. The average Bonchev–Trinajstić information content (AvgIpc) is 2.38. The Labute approximate surface area is 108 Å². The highest BCUT2D eigenvalue weighted by molar-refractivity contribution is 5.60. The van der Waals surface area contributed by atoms with Crippen molar-refractivity contribution in [2.75, 3.05) is 13.1 Å². The minimum Gasteiger partial charge on any atom is -0.385 e. The fourth-order valence-electron chi connectivity index (χ4n) is 1.46. The second-order valence-electron chi connectivity index (χ2n) is 4.34. The van der Waals surface area contributed by atoms with E-state index in [1.54, 1.807) is 0 Å². The van der Waals surface area contributed by atoms with Gasteiger partial charge in [-0.1, -0.05) is 25.5 Å². The van der Waals surface area contributed by atoms with Crippen LogP contribution < -0.4 is 5.32 Å². The second-order valence-corrected chi connectivity index (χ2v) is 4.34. The molecule has 0 aliphatic rings. The number of pyridine rings is 1. The van der Waals surface area contributed by atoms with Gasteiger partial charge in [0, 0.05) is 41.2 Å². The molecule has 0 saturated carbocycles. The summed E-state index contributed by atoms with van der Waals surface area (Å²) in [5.41, 5.74) is 11.0. The van der Waals surface area contributed by atoms with E-state index >= 15 is 0 Å². The molecule has 0 saturated heterocycles. The van der Waals surface area contributed by atoms with Crippen LogP contribution in [0.4, 0.5) is 0 Å². The van der Waals surface area contributed by atoms with Gasteiger partial charge in [0.1, 0.15) is 0 Å². The maximum atomic E-state index is 8.14. The maximum absolute atomic E-state index is 8.14. The molecule has 1 aromatic rings. The Kier molecular flexibility index (Phi) is 5.74. The van der Waals surface area contributed by atoms with Crippen molar-refractivity contribution in [3.8, 4) is 0 Å². The summed E-state index contributed by atoms with van der Waals surface area (Å²) >= 11 is 0. The van der Waals surface area contributed by atoms with Crippen molar-refractivity contribution in [1.82, 2.24) is 10.3 Å². The zero-order chi connectivity index (χ0) is 13.4. The van der Waals surface area contributed by atoms with E-state index in [1.165, 1.54) is 0 Å². The quantitative estimate of drug-likeness (QED) is 0.346. The van der Waals surface area contributed by atoms with Gasteiger partial charge in [-0.2, -0.15) is 0 Å². The van der Waals surface area contributed by atoms with Crippen molar-refractivity contribution < 1.29 is 0 Å². The van der Waals surface area contributed by atoms with Gasteiger partial charge in [0.25, 0.3) is 0 Å². The molecule has 0 aliphatic heterocycles. The molecule has 5 heteroatoms. The minimum atomic E-state index is 0.434. The number of hydrogen-bond acceptors (Lipinski definition) is 3. The molecule has 1 rings (SSSR count). The summed E-state index contributed by atoms with van der Waals surface area (Å²) < 4.78 is 0. The largest absolute Gasteiger partial charge is 0.385 e. The van der Waals surface area contributed by atoms with Crippen LogP contribution in [-0.4, -0.2) is 18.1 Å². The van der Waals surface area contributed by atoms with E-state index in [4.69, 9.17) is 5.53 Å². The van der Waals surface area contributed by atoms with Crippen LogP contribution in [0.5, 0.6) is 0 Å². The van der Waals surface area contributed by atoms with Gasteiger partial charge >= 0.3 is 0 Å². The highest BCUT2D eigenvalue weighted by atomic mass is 15.1. The number of nitrogens with zero attached hydrogens (tertiary/aromatic N) is 4. The van der Waals surface area contributed by atoms with Crippen LogP contribution in [0.2, 0.25) is 0 Å². The van der Waals surface area contributed by atoms with Gasteiger partial charge in [-0.3, -0.25) is 4.98 Å². The summed E-state index contributed by atoms with van der Waals surface area (Å²) in [5, 5.41) is 6.66. The summed E-state index contributed by atoms with van der Waals surface area (Å²) in [6.07, 6.45) is 2.62. The van der Waals surface area contributed by atoms with Crippen molar-refractivity contribution in [2.24, 2.45) is 5.11 Å². The molecule has 5 nitrogen and oxygen atoms in total. The normalized spacial score (nSPS) is 9.94. The van der Waals surface area contributed by atoms with E-state index in [1.807, 2.05) is 18.3 Å². The van der Waals surface area contributed by atoms with Crippen LogP contribution in [0.25, 0.3) is 16.1 Å². The molecule has 0 radical (unpaired) electrons. The number of nitrogens with one attached hydrogen (secondary N) is 1. The third kappa shape index (κ3) is 4.47. The Morgan fingerprint density at radius 3 is 2.89 bits per heavy atom. The first-order valence-corrected chi connectivity index (χ1v) is 6.05. The molecule has 0 aliphatic carbocycles. The van der Waals surface area contributed by atoms with E-state index in [2.05, 4.69) is 40.8 Å². The lowest BCUT2D eigenvalue weighted by Gasteiger charge is -2.10. The van der Waals surface area contributed by atoms with Crippen LogP contribution in [0.3, 0.4) is 0 Å². The fraction of sp³-hybridized carbons (Fsp3) is 0.462. The van der Waals surface area contributed by atoms with Gasteiger partial charge in [-0.05, 0) is 30.0 Å². The molecule has 1 N–H and O–H groups in total. The molecule has 96 valence electrons. The molecule has 1 heterocycles. The first-order chi connectivity index (χ1) is 8.65. The lowest BCUT2D eigenvalue weighted by atomic mass is 10.1. The van der Waals surface area contributed by atoms with Gasteiger partial charge < -0.3 is 5.32 Å². The van der Waals surface area contributed by atoms with Crippen molar-refractivity contribution in [3.05, 3.63) is 46.6 Å². The van der Waals surface area contributed by atoms with Gasteiger partial charge in [0.15, 0.2) is 0 Å². The number of hydrogen-bond donors (Lipinski definition) is 1. The third-order valence-electron chi connectivity index (χ3n) is 2.56. The van der Waals surface area contributed by atoms with E-state index in [-0.39, 0.29) is 0 Å². The van der Waals surface area contributed by atoms with Crippen molar-refractivity contribution >= 4 is 5.70 Å². The molecule has 0 unspecified atom stereocenters. The topological polar surface area (TPSA) is 73.7 Å². The number of azide groups is 1. The van der Waals surface area contributed by atoms with Gasteiger partial charge in [-0.25, -0.2) is 0 Å². The molecule has 0 fully saturated rings. The molecule has 18 heavy (non-hydrogen) atoms. The highest BCUT2D eigenvalue weighted by Crippen LogP contribution is 2.14. The van der Waals surface area contributed by atoms with E-state index < -0.39 is 0 Å². The molecular weight excluding hydrogens is 226 g/mol. The van der Waals surface area contributed by atoms with Gasteiger partial charge in [-0.15, -0.1) is 0 Å². The monoisotopic (exact) mass is 245 g/mol. The average molecular weight is 245 g/mol. The van der Waals surface area contributed by atoms with Crippen molar-refractivity contribution in [3.63, 3.8) is 0 Å². The van der Waals surface area contributed by atoms with Crippen molar-refractivity contribution in [2.45, 2.75) is 26.2 Å². The van der Waals surface area contributed by atoms with Gasteiger partial charge in [0.05, 0.1) is 0 Å².